The molecule has 1 fully saturated rings. The molecule has 2 aliphatic rings. The molecule has 2 aromatic carbocycles. The van der Waals surface area contributed by atoms with Gasteiger partial charge in [0.15, 0.2) is 16.7 Å². The van der Waals surface area contributed by atoms with E-state index < -0.39 is 0 Å². The summed E-state index contributed by atoms with van der Waals surface area (Å²) in [5, 5.41) is 10.0. The molecule has 168 valence electrons. The van der Waals surface area contributed by atoms with Gasteiger partial charge in [0.2, 0.25) is 12.5 Å². The van der Waals surface area contributed by atoms with E-state index in [0.717, 1.165) is 60.7 Å². The zero-order valence-corrected chi connectivity index (χ0v) is 19.3. The van der Waals surface area contributed by atoms with Crippen LogP contribution < -0.4 is 14.2 Å². The van der Waals surface area contributed by atoms with Gasteiger partial charge in [-0.25, -0.2) is 0 Å². The van der Waals surface area contributed by atoms with Gasteiger partial charge in [-0.05, 0) is 42.6 Å². The van der Waals surface area contributed by atoms with Crippen molar-refractivity contribution in [2.24, 2.45) is 7.05 Å². The monoisotopic (exact) mass is 452 g/mol. The maximum absolute atomic E-state index is 5.59. The molecule has 1 aromatic heterocycles. The lowest BCUT2D eigenvalue weighted by atomic mass is 9.96. The number of fused-ring (bicyclic) bond motifs is 1. The van der Waals surface area contributed by atoms with Crippen LogP contribution in [0.1, 0.15) is 35.7 Å². The predicted octanol–water partition coefficient (Wildman–Crippen LogP) is 4.22. The molecule has 2 aliphatic heterocycles. The van der Waals surface area contributed by atoms with Crippen LogP contribution in [0.5, 0.6) is 17.2 Å². The molecule has 7 nitrogen and oxygen atoms in total. The predicted molar refractivity (Wildman–Crippen MR) is 123 cm³/mol. The molecule has 0 radical (unpaired) electrons. The zero-order valence-electron chi connectivity index (χ0n) is 18.5. The van der Waals surface area contributed by atoms with Crippen LogP contribution in [0.2, 0.25) is 0 Å². The van der Waals surface area contributed by atoms with Crippen LogP contribution >= 0.6 is 11.8 Å². The molecule has 1 atom stereocenters. The smallest absolute Gasteiger partial charge is 0.231 e. The molecule has 0 spiro atoms. The molecule has 8 heteroatoms. The van der Waals surface area contributed by atoms with Gasteiger partial charge in [0.1, 0.15) is 5.82 Å². The van der Waals surface area contributed by atoms with Gasteiger partial charge in [0.05, 0.1) is 7.11 Å². The number of ether oxygens (including phenoxy) is 3. The van der Waals surface area contributed by atoms with Crippen LogP contribution in [0.25, 0.3) is 0 Å². The van der Waals surface area contributed by atoms with E-state index in [9.17, 15) is 0 Å². The Bertz CT molecular complexity index is 1070. The van der Waals surface area contributed by atoms with E-state index >= 15 is 0 Å². The van der Waals surface area contributed by atoms with Crippen molar-refractivity contribution in [1.82, 2.24) is 19.7 Å². The largest absolute Gasteiger partial charge is 0.493 e. The standard InChI is InChI=1S/C24H28N4O3S/c1-27-23(25-26-24(27)32-15-17-7-4-3-5-8-17)19-9-6-10-28(14-19)13-18-11-20(29-2)22-21(12-18)30-16-31-22/h3-5,7-8,11-12,19H,6,9-10,13-16H2,1-2H3. The molecule has 0 N–H and O–H groups in total. The molecule has 0 amide bonds. The van der Waals surface area contributed by atoms with Crippen molar-refractivity contribution in [2.45, 2.75) is 36.2 Å². The Labute approximate surface area is 192 Å². The second-order valence-electron chi connectivity index (χ2n) is 8.28. The maximum atomic E-state index is 5.59. The lowest BCUT2D eigenvalue weighted by molar-refractivity contribution is 0.171. The first-order chi connectivity index (χ1) is 15.7. The summed E-state index contributed by atoms with van der Waals surface area (Å²) >= 11 is 1.74. The Hall–Kier alpha value is -2.71. The van der Waals surface area contributed by atoms with E-state index in [-0.39, 0.29) is 6.79 Å². The van der Waals surface area contributed by atoms with Gasteiger partial charge < -0.3 is 18.8 Å². The third kappa shape index (κ3) is 4.42. The maximum Gasteiger partial charge on any atom is 0.231 e. The summed E-state index contributed by atoms with van der Waals surface area (Å²) in [6.07, 6.45) is 2.28. The fourth-order valence-electron chi connectivity index (χ4n) is 4.47. The van der Waals surface area contributed by atoms with Gasteiger partial charge in [-0.2, -0.15) is 0 Å². The highest BCUT2D eigenvalue weighted by Crippen LogP contribution is 2.42. The normalized spacial score (nSPS) is 18.1. The number of methoxy groups -OCH3 is 1. The number of likely N-dealkylation sites (tertiary alicyclic amines) is 1. The van der Waals surface area contributed by atoms with E-state index in [1.807, 2.05) is 6.07 Å². The van der Waals surface area contributed by atoms with E-state index in [1.165, 1.54) is 11.1 Å². The summed E-state index contributed by atoms with van der Waals surface area (Å²) in [5.74, 6) is 4.55. The van der Waals surface area contributed by atoms with Gasteiger partial charge in [0.25, 0.3) is 0 Å². The van der Waals surface area contributed by atoms with Crippen molar-refractivity contribution in [2.75, 3.05) is 27.0 Å². The van der Waals surface area contributed by atoms with Gasteiger partial charge in [-0.3, -0.25) is 4.90 Å². The van der Waals surface area contributed by atoms with Crippen LogP contribution in [0.4, 0.5) is 0 Å². The summed E-state index contributed by atoms with van der Waals surface area (Å²) in [7, 11) is 3.75. The highest BCUT2D eigenvalue weighted by molar-refractivity contribution is 7.98. The van der Waals surface area contributed by atoms with E-state index in [1.54, 1.807) is 18.9 Å². The molecule has 0 bridgehead atoms. The minimum Gasteiger partial charge on any atom is -0.493 e. The number of benzene rings is 2. The topological polar surface area (TPSA) is 61.6 Å². The summed E-state index contributed by atoms with van der Waals surface area (Å²) in [5.41, 5.74) is 2.47. The van der Waals surface area contributed by atoms with Gasteiger partial charge in [-0.1, -0.05) is 42.1 Å². The van der Waals surface area contributed by atoms with E-state index in [2.05, 4.69) is 63.1 Å². The number of hydrogen-bond acceptors (Lipinski definition) is 7. The van der Waals surface area contributed by atoms with Crippen molar-refractivity contribution < 1.29 is 14.2 Å². The van der Waals surface area contributed by atoms with E-state index in [4.69, 9.17) is 14.2 Å². The molecule has 1 saturated heterocycles. The SMILES string of the molecule is COc1cc(CN2CCCC(c3nnc(SCc4ccccc4)n3C)C2)cc2c1OCO2. The van der Waals surface area contributed by atoms with Gasteiger partial charge >= 0.3 is 0 Å². The van der Waals surface area contributed by atoms with Crippen molar-refractivity contribution in [3.05, 3.63) is 59.4 Å². The average molecular weight is 453 g/mol. The number of thioether (sulfide) groups is 1. The number of piperidine rings is 1. The number of rotatable bonds is 7. The van der Waals surface area contributed by atoms with Crippen LogP contribution in [0.15, 0.2) is 47.6 Å². The summed E-state index contributed by atoms with van der Waals surface area (Å²) in [6, 6.07) is 14.6. The average Bonchev–Trinajstić information content (AvgIpc) is 3.44. The molecule has 32 heavy (non-hydrogen) atoms. The fourth-order valence-corrected chi connectivity index (χ4v) is 5.35. The minimum absolute atomic E-state index is 0.248. The Morgan fingerprint density at radius 1 is 1.12 bits per heavy atom. The lowest BCUT2D eigenvalue weighted by Gasteiger charge is -2.32. The highest BCUT2D eigenvalue weighted by atomic mass is 32.2. The minimum atomic E-state index is 0.248. The Kier molecular flexibility index (Phi) is 6.23. The third-order valence-corrected chi connectivity index (χ3v) is 7.17. The van der Waals surface area contributed by atoms with Crippen LogP contribution in [-0.2, 0) is 19.3 Å². The quantitative estimate of drug-likeness (QED) is 0.497. The number of nitrogens with zero attached hydrogens (tertiary/aromatic N) is 4. The first-order valence-electron chi connectivity index (χ1n) is 11.0. The first-order valence-corrected chi connectivity index (χ1v) is 11.9. The Balaban J connectivity index is 1.25. The van der Waals surface area contributed by atoms with E-state index in [0.29, 0.717) is 11.7 Å². The molecule has 0 aliphatic carbocycles. The Morgan fingerprint density at radius 3 is 2.84 bits per heavy atom. The van der Waals surface area contributed by atoms with Crippen molar-refractivity contribution in [1.29, 1.82) is 0 Å². The van der Waals surface area contributed by atoms with Crippen molar-refractivity contribution >= 4 is 11.8 Å². The summed E-state index contributed by atoms with van der Waals surface area (Å²) in [6.45, 7) is 3.13. The number of aromatic nitrogens is 3. The van der Waals surface area contributed by atoms with Crippen molar-refractivity contribution in [3.63, 3.8) is 0 Å². The van der Waals surface area contributed by atoms with Crippen LogP contribution in [0.3, 0.4) is 0 Å². The fraction of sp³-hybridized carbons (Fsp3) is 0.417. The number of hydrogen-bond donors (Lipinski definition) is 0. The highest BCUT2D eigenvalue weighted by Gasteiger charge is 2.27. The molecule has 5 rings (SSSR count). The second kappa shape index (κ2) is 9.42. The molecular weight excluding hydrogens is 424 g/mol. The summed E-state index contributed by atoms with van der Waals surface area (Å²) < 4.78 is 18.8. The zero-order chi connectivity index (χ0) is 21.9. The second-order valence-corrected chi connectivity index (χ2v) is 9.22. The van der Waals surface area contributed by atoms with Crippen LogP contribution in [0, 0.1) is 0 Å². The molecule has 1 unspecified atom stereocenters. The molecule has 3 aromatic rings. The lowest BCUT2D eigenvalue weighted by Crippen LogP contribution is -2.34. The molecular formula is C24H28N4O3S. The van der Waals surface area contributed by atoms with Crippen molar-refractivity contribution in [3.8, 4) is 17.2 Å². The third-order valence-electron chi connectivity index (χ3n) is 6.07. The van der Waals surface area contributed by atoms with Crippen LogP contribution in [-0.4, -0.2) is 46.7 Å². The van der Waals surface area contributed by atoms with Gasteiger partial charge in [0, 0.05) is 31.8 Å². The Morgan fingerprint density at radius 2 is 2.00 bits per heavy atom. The summed E-state index contributed by atoms with van der Waals surface area (Å²) in [4.78, 5) is 2.48. The first kappa shape index (κ1) is 21.2. The molecule has 0 saturated carbocycles. The molecule has 3 heterocycles. The van der Waals surface area contributed by atoms with Gasteiger partial charge in [-0.15, -0.1) is 10.2 Å².